The molecule has 0 amide bonds. The number of rotatable bonds is 6. The highest BCUT2D eigenvalue weighted by Crippen LogP contribution is 2.14. The van der Waals surface area contributed by atoms with Gasteiger partial charge in [-0.25, -0.2) is 0 Å². The summed E-state index contributed by atoms with van der Waals surface area (Å²) in [5, 5.41) is 7.89. The molecule has 0 bridgehead atoms. The maximum absolute atomic E-state index is 3.48. The van der Waals surface area contributed by atoms with Crippen molar-refractivity contribution in [3.05, 3.63) is 22.4 Å². The minimum Gasteiger partial charge on any atom is -0.314 e. The van der Waals surface area contributed by atoms with Gasteiger partial charge in [0.15, 0.2) is 0 Å². The maximum Gasteiger partial charge on any atom is 0.00643 e. The fourth-order valence-corrected chi connectivity index (χ4v) is 2.31. The first-order valence-corrected chi connectivity index (χ1v) is 6.42. The summed E-state index contributed by atoms with van der Waals surface area (Å²) >= 11 is 1.79. The van der Waals surface area contributed by atoms with Crippen molar-refractivity contribution in [3.8, 4) is 0 Å². The smallest absolute Gasteiger partial charge is 0.00643 e. The Labute approximate surface area is 91.5 Å². The zero-order valence-corrected chi connectivity index (χ0v) is 10.2. The van der Waals surface area contributed by atoms with Crippen molar-refractivity contribution in [1.82, 2.24) is 5.32 Å². The van der Waals surface area contributed by atoms with E-state index in [4.69, 9.17) is 0 Å². The molecular formula is C12H21NS. The molecule has 1 heterocycles. The normalized spacial score (nSPS) is 15.4. The van der Waals surface area contributed by atoms with Crippen LogP contribution in [-0.2, 0) is 6.42 Å². The first-order valence-electron chi connectivity index (χ1n) is 5.48. The lowest BCUT2D eigenvalue weighted by molar-refractivity contribution is 0.386. The molecule has 2 unspecified atom stereocenters. The van der Waals surface area contributed by atoms with E-state index in [1.165, 1.54) is 18.4 Å². The van der Waals surface area contributed by atoms with Crippen LogP contribution in [0.4, 0.5) is 0 Å². The Hall–Kier alpha value is -0.340. The van der Waals surface area contributed by atoms with Gasteiger partial charge in [-0.2, -0.15) is 11.3 Å². The van der Waals surface area contributed by atoms with E-state index >= 15 is 0 Å². The molecule has 0 aliphatic carbocycles. The molecule has 0 spiro atoms. The summed E-state index contributed by atoms with van der Waals surface area (Å²) in [6.07, 6.45) is 2.51. The average Bonchev–Trinajstić information content (AvgIpc) is 2.67. The summed E-state index contributed by atoms with van der Waals surface area (Å²) in [6, 6.07) is 2.87. The second kappa shape index (κ2) is 6.20. The largest absolute Gasteiger partial charge is 0.314 e. The standard InChI is InChI=1S/C12H21NS/c1-4-13-11(3)10(2)5-6-12-7-8-14-9-12/h7-11,13H,4-6H2,1-3H3. The summed E-state index contributed by atoms with van der Waals surface area (Å²) in [5.41, 5.74) is 1.49. The van der Waals surface area contributed by atoms with Crippen LogP contribution >= 0.6 is 11.3 Å². The molecule has 2 heteroatoms. The van der Waals surface area contributed by atoms with Crippen LogP contribution in [0.25, 0.3) is 0 Å². The van der Waals surface area contributed by atoms with Gasteiger partial charge in [-0.1, -0.05) is 13.8 Å². The van der Waals surface area contributed by atoms with Crippen LogP contribution in [-0.4, -0.2) is 12.6 Å². The molecule has 0 aromatic carbocycles. The monoisotopic (exact) mass is 211 g/mol. The van der Waals surface area contributed by atoms with Gasteiger partial charge >= 0.3 is 0 Å². The van der Waals surface area contributed by atoms with Gasteiger partial charge in [-0.15, -0.1) is 0 Å². The molecule has 0 radical (unpaired) electrons. The van der Waals surface area contributed by atoms with E-state index in [1.807, 2.05) is 0 Å². The molecule has 80 valence electrons. The third kappa shape index (κ3) is 3.81. The summed E-state index contributed by atoms with van der Waals surface area (Å²) in [6.45, 7) is 7.85. The maximum atomic E-state index is 3.48. The molecular weight excluding hydrogens is 190 g/mol. The Morgan fingerprint density at radius 1 is 1.43 bits per heavy atom. The van der Waals surface area contributed by atoms with Crippen LogP contribution in [0.5, 0.6) is 0 Å². The van der Waals surface area contributed by atoms with Crippen molar-refractivity contribution in [3.63, 3.8) is 0 Å². The summed E-state index contributed by atoms with van der Waals surface area (Å²) in [7, 11) is 0. The molecule has 1 N–H and O–H groups in total. The van der Waals surface area contributed by atoms with Crippen molar-refractivity contribution in [1.29, 1.82) is 0 Å². The minimum absolute atomic E-state index is 0.638. The number of aryl methyl sites for hydroxylation is 1. The number of thiophene rings is 1. The molecule has 0 saturated heterocycles. The molecule has 0 fully saturated rings. The van der Waals surface area contributed by atoms with Crippen LogP contribution < -0.4 is 5.32 Å². The van der Waals surface area contributed by atoms with Crippen molar-refractivity contribution >= 4 is 11.3 Å². The molecule has 14 heavy (non-hydrogen) atoms. The summed E-state index contributed by atoms with van der Waals surface area (Å²) in [4.78, 5) is 0. The van der Waals surface area contributed by atoms with E-state index in [2.05, 4.69) is 42.9 Å². The third-order valence-electron chi connectivity index (χ3n) is 2.85. The van der Waals surface area contributed by atoms with Gasteiger partial charge in [0.1, 0.15) is 0 Å². The van der Waals surface area contributed by atoms with Gasteiger partial charge in [-0.05, 0) is 54.6 Å². The van der Waals surface area contributed by atoms with Crippen LogP contribution in [0.15, 0.2) is 16.8 Å². The van der Waals surface area contributed by atoms with Gasteiger partial charge in [0, 0.05) is 6.04 Å². The minimum atomic E-state index is 0.638. The zero-order chi connectivity index (χ0) is 10.4. The molecule has 0 aliphatic rings. The Morgan fingerprint density at radius 2 is 2.21 bits per heavy atom. The van der Waals surface area contributed by atoms with Gasteiger partial charge in [0.25, 0.3) is 0 Å². The zero-order valence-electron chi connectivity index (χ0n) is 9.42. The van der Waals surface area contributed by atoms with E-state index < -0.39 is 0 Å². The van der Waals surface area contributed by atoms with Gasteiger partial charge in [0.05, 0.1) is 0 Å². The van der Waals surface area contributed by atoms with Gasteiger partial charge < -0.3 is 5.32 Å². The number of hydrogen-bond acceptors (Lipinski definition) is 2. The van der Waals surface area contributed by atoms with E-state index in [9.17, 15) is 0 Å². The number of nitrogens with one attached hydrogen (secondary N) is 1. The van der Waals surface area contributed by atoms with Crippen LogP contribution in [0.3, 0.4) is 0 Å². The lowest BCUT2D eigenvalue weighted by atomic mass is 9.96. The number of hydrogen-bond donors (Lipinski definition) is 1. The molecule has 0 saturated carbocycles. The Bertz CT molecular complexity index is 230. The van der Waals surface area contributed by atoms with E-state index in [0.717, 1.165) is 12.5 Å². The predicted molar refractivity (Wildman–Crippen MR) is 64.9 cm³/mol. The molecule has 2 atom stereocenters. The second-order valence-electron chi connectivity index (χ2n) is 3.99. The molecule has 1 aromatic heterocycles. The quantitative estimate of drug-likeness (QED) is 0.761. The van der Waals surface area contributed by atoms with Gasteiger partial charge in [0.2, 0.25) is 0 Å². The predicted octanol–water partition coefficient (Wildman–Crippen LogP) is 3.31. The van der Waals surface area contributed by atoms with Crippen molar-refractivity contribution in [2.24, 2.45) is 5.92 Å². The van der Waals surface area contributed by atoms with Crippen molar-refractivity contribution < 1.29 is 0 Å². The van der Waals surface area contributed by atoms with Crippen LogP contribution in [0.2, 0.25) is 0 Å². The highest BCUT2D eigenvalue weighted by atomic mass is 32.1. The fraction of sp³-hybridized carbons (Fsp3) is 0.667. The van der Waals surface area contributed by atoms with E-state index in [1.54, 1.807) is 11.3 Å². The topological polar surface area (TPSA) is 12.0 Å². The van der Waals surface area contributed by atoms with Crippen molar-refractivity contribution in [2.75, 3.05) is 6.54 Å². The first-order chi connectivity index (χ1) is 6.74. The first kappa shape index (κ1) is 11.7. The Kier molecular flexibility index (Phi) is 5.20. The van der Waals surface area contributed by atoms with Gasteiger partial charge in [-0.3, -0.25) is 0 Å². The van der Waals surface area contributed by atoms with E-state index in [0.29, 0.717) is 6.04 Å². The average molecular weight is 211 g/mol. The highest BCUT2D eigenvalue weighted by Gasteiger charge is 2.10. The fourth-order valence-electron chi connectivity index (χ4n) is 1.60. The SMILES string of the molecule is CCNC(C)C(C)CCc1ccsc1. The second-order valence-corrected chi connectivity index (χ2v) is 4.77. The van der Waals surface area contributed by atoms with Crippen LogP contribution in [0, 0.1) is 5.92 Å². The summed E-state index contributed by atoms with van der Waals surface area (Å²) < 4.78 is 0. The molecule has 1 aromatic rings. The molecule has 1 nitrogen and oxygen atoms in total. The summed E-state index contributed by atoms with van der Waals surface area (Å²) in [5.74, 6) is 0.759. The third-order valence-corrected chi connectivity index (χ3v) is 3.58. The van der Waals surface area contributed by atoms with Crippen molar-refractivity contribution in [2.45, 2.75) is 39.7 Å². The van der Waals surface area contributed by atoms with Crippen LogP contribution in [0.1, 0.15) is 32.8 Å². The van der Waals surface area contributed by atoms with E-state index in [-0.39, 0.29) is 0 Å². The Balaban J connectivity index is 2.24. The highest BCUT2D eigenvalue weighted by molar-refractivity contribution is 7.07. The lowest BCUT2D eigenvalue weighted by Gasteiger charge is -2.20. The molecule has 1 rings (SSSR count). The molecule has 0 aliphatic heterocycles. The lowest BCUT2D eigenvalue weighted by Crippen LogP contribution is -2.32. The Morgan fingerprint density at radius 3 is 2.79 bits per heavy atom.